The van der Waals surface area contributed by atoms with E-state index in [2.05, 4.69) is 47.1 Å². The topological polar surface area (TPSA) is 34.2 Å². The third-order valence-electron chi connectivity index (χ3n) is 7.46. The van der Waals surface area contributed by atoms with E-state index < -0.39 is 0 Å². The summed E-state index contributed by atoms with van der Waals surface area (Å²) in [6.45, 7) is 14.9. The molecule has 0 unspecified atom stereocenters. The Labute approximate surface area is 206 Å². The van der Waals surface area contributed by atoms with Gasteiger partial charge >= 0.3 is 0 Å². The second-order valence-corrected chi connectivity index (χ2v) is 9.53. The zero-order valence-corrected chi connectivity index (χ0v) is 21.5. The van der Waals surface area contributed by atoms with Gasteiger partial charge in [0, 0.05) is 44.0 Å². The van der Waals surface area contributed by atoms with Gasteiger partial charge in [-0.3, -0.25) is 0 Å². The molecule has 0 amide bonds. The Hall–Kier alpha value is -2.56. The quantitative estimate of drug-likeness (QED) is 0.432. The SMILES string of the molecule is CCOc1ccc(C)c(N2CCC(C3CCN(c4cc(OCC)ccc4OCC)CC3)CC2)c1. The van der Waals surface area contributed by atoms with Crippen molar-refractivity contribution in [2.24, 2.45) is 11.8 Å². The number of anilines is 2. The lowest BCUT2D eigenvalue weighted by Gasteiger charge is -2.42. The molecule has 0 bridgehead atoms. The minimum absolute atomic E-state index is 0.684. The number of benzene rings is 2. The molecule has 5 heteroatoms. The largest absolute Gasteiger partial charge is 0.494 e. The van der Waals surface area contributed by atoms with E-state index in [1.165, 1.54) is 42.6 Å². The van der Waals surface area contributed by atoms with Gasteiger partial charge in [-0.05, 0) is 89.0 Å². The van der Waals surface area contributed by atoms with Crippen LogP contribution in [0.2, 0.25) is 0 Å². The molecule has 0 aromatic heterocycles. The Bertz CT molecular complexity index is 916. The van der Waals surface area contributed by atoms with Crippen LogP contribution in [0.4, 0.5) is 11.4 Å². The summed E-state index contributed by atoms with van der Waals surface area (Å²) in [5, 5.41) is 0. The molecule has 0 aliphatic carbocycles. The van der Waals surface area contributed by atoms with E-state index in [4.69, 9.17) is 14.2 Å². The molecule has 2 heterocycles. The van der Waals surface area contributed by atoms with Crippen LogP contribution in [0, 0.1) is 18.8 Å². The first-order valence-electron chi connectivity index (χ1n) is 13.3. The van der Waals surface area contributed by atoms with Crippen molar-refractivity contribution < 1.29 is 14.2 Å². The van der Waals surface area contributed by atoms with E-state index in [0.29, 0.717) is 19.8 Å². The zero-order valence-electron chi connectivity index (χ0n) is 21.5. The van der Waals surface area contributed by atoms with E-state index in [1.807, 2.05) is 26.8 Å². The monoisotopic (exact) mass is 466 g/mol. The van der Waals surface area contributed by atoms with Crippen molar-refractivity contribution in [1.82, 2.24) is 0 Å². The molecule has 0 saturated carbocycles. The van der Waals surface area contributed by atoms with Crippen LogP contribution < -0.4 is 24.0 Å². The molecule has 0 spiro atoms. The Morgan fingerprint density at radius 2 is 1.12 bits per heavy atom. The molecule has 5 nitrogen and oxygen atoms in total. The van der Waals surface area contributed by atoms with E-state index in [9.17, 15) is 0 Å². The van der Waals surface area contributed by atoms with Crippen LogP contribution in [0.5, 0.6) is 17.2 Å². The van der Waals surface area contributed by atoms with E-state index in [0.717, 1.165) is 55.3 Å². The summed E-state index contributed by atoms with van der Waals surface area (Å²) in [7, 11) is 0. The fraction of sp³-hybridized carbons (Fsp3) is 0.586. The fourth-order valence-corrected chi connectivity index (χ4v) is 5.69. The molecular weight excluding hydrogens is 424 g/mol. The molecular formula is C29H42N2O3. The summed E-state index contributed by atoms with van der Waals surface area (Å²) in [6.07, 6.45) is 5.09. The summed E-state index contributed by atoms with van der Waals surface area (Å²) in [6, 6.07) is 12.7. The normalized spacial score (nSPS) is 17.6. The van der Waals surface area contributed by atoms with Gasteiger partial charge in [0.05, 0.1) is 25.5 Å². The van der Waals surface area contributed by atoms with Crippen molar-refractivity contribution in [3.8, 4) is 17.2 Å². The maximum Gasteiger partial charge on any atom is 0.142 e. The molecule has 34 heavy (non-hydrogen) atoms. The molecule has 2 aromatic rings. The molecule has 2 aliphatic rings. The molecule has 2 saturated heterocycles. The first-order chi connectivity index (χ1) is 16.6. The lowest BCUT2D eigenvalue weighted by Crippen LogP contribution is -2.41. The van der Waals surface area contributed by atoms with Gasteiger partial charge in [0.2, 0.25) is 0 Å². The van der Waals surface area contributed by atoms with Crippen LogP contribution in [0.3, 0.4) is 0 Å². The second kappa shape index (κ2) is 11.7. The number of hydrogen-bond donors (Lipinski definition) is 0. The summed E-state index contributed by atoms with van der Waals surface area (Å²) in [4.78, 5) is 5.07. The van der Waals surface area contributed by atoms with Gasteiger partial charge < -0.3 is 24.0 Å². The highest BCUT2D eigenvalue weighted by molar-refractivity contribution is 5.62. The van der Waals surface area contributed by atoms with Gasteiger partial charge in [-0.15, -0.1) is 0 Å². The van der Waals surface area contributed by atoms with Gasteiger partial charge in [0.25, 0.3) is 0 Å². The van der Waals surface area contributed by atoms with E-state index in [1.54, 1.807) is 0 Å². The first kappa shape index (κ1) is 24.6. The van der Waals surface area contributed by atoms with Crippen molar-refractivity contribution in [3.63, 3.8) is 0 Å². The van der Waals surface area contributed by atoms with Gasteiger partial charge in [-0.2, -0.15) is 0 Å². The van der Waals surface area contributed by atoms with Crippen molar-refractivity contribution in [2.45, 2.75) is 53.4 Å². The molecule has 0 radical (unpaired) electrons. The van der Waals surface area contributed by atoms with Gasteiger partial charge in [0.1, 0.15) is 17.2 Å². The average molecular weight is 467 g/mol. The van der Waals surface area contributed by atoms with Crippen LogP contribution in [-0.2, 0) is 0 Å². The smallest absolute Gasteiger partial charge is 0.142 e. The standard InChI is InChI=1S/C29H42N2O3/c1-5-32-25-9-8-22(4)27(20-25)30-16-12-23(13-17-30)24-14-18-31(19-15-24)28-21-26(33-6-2)10-11-29(28)34-7-3/h8-11,20-21,23-24H,5-7,12-19H2,1-4H3. The summed E-state index contributed by atoms with van der Waals surface area (Å²) < 4.78 is 17.5. The number of rotatable bonds is 9. The van der Waals surface area contributed by atoms with E-state index >= 15 is 0 Å². The van der Waals surface area contributed by atoms with Crippen LogP contribution in [0.15, 0.2) is 36.4 Å². The van der Waals surface area contributed by atoms with Crippen LogP contribution >= 0.6 is 0 Å². The third kappa shape index (κ3) is 5.73. The Morgan fingerprint density at radius 3 is 1.65 bits per heavy atom. The zero-order chi connectivity index (χ0) is 23.9. The predicted molar refractivity (Wildman–Crippen MR) is 141 cm³/mol. The highest BCUT2D eigenvalue weighted by Crippen LogP contribution is 2.39. The fourth-order valence-electron chi connectivity index (χ4n) is 5.69. The summed E-state index contributed by atoms with van der Waals surface area (Å²) >= 11 is 0. The molecule has 186 valence electrons. The minimum Gasteiger partial charge on any atom is -0.494 e. The Morgan fingerprint density at radius 1 is 0.647 bits per heavy atom. The third-order valence-corrected chi connectivity index (χ3v) is 7.46. The number of piperidine rings is 2. The molecule has 2 aliphatic heterocycles. The summed E-state index contributed by atoms with van der Waals surface area (Å²) in [5.41, 5.74) is 3.87. The summed E-state index contributed by atoms with van der Waals surface area (Å²) in [5.74, 6) is 4.54. The first-order valence-corrected chi connectivity index (χ1v) is 13.3. The highest BCUT2D eigenvalue weighted by atomic mass is 16.5. The molecule has 0 N–H and O–H groups in total. The number of aryl methyl sites for hydroxylation is 1. The highest BCUT2D eigenvalue weighted by Gasteiger charge is 2.31. The van der Waals surface area contributed by atoms with Crippen molar-refractivity contribution in [2.75, 3.05) is 55.8 Å². The van der Waals surface area contributed by atoms with Gasteiger partial charge in [-0.1, -0.05) is 6.07 Å². The lowest BCUT2D eigenvalue weighted by molar-refractivity contribution is 0.232. The molecule has 0 atom stereocenters. The van der Waals surface area contributed by atoms with E-state index in [-0.39, 0.29) is 0 Å². The number of ether oxygens (including phenoxy) is 3. The van der Waals surface area contributed by atoms with Gasteiger partial charge in [0.15, 0.2) is 0 Å². The number of hydrogen-bond acceptors (Lipinski definition) is 5. The number of nitrogens with zero attached hydrogens (tertiary/aromatic N) is 2. The van der Waals surface area contributed by atoms with Gasteiger partial charge in [-0.25, -0.2) is 0 Å². The molecule has 4 rings (SSSR count). The minimum atomic E-state index is 0.684. The second-order valence-electron chi connectivity index (χ2n) is 9.53. The van der Waals surface area contributed by atoms with Crippen molar-refractivity contribution >= 4 is 11.4 Å². The Balaban J connectivity index is 1.34. The maximum atomic E-state index is 5.94. The molecule has 2 fully saturated rings. The van der Waals surface area contributed by atoms with Crippen LogP contribution in [0.1, 0.15) is 52.0 Å². The Kier molecular flexibility index (Phi) is 8.47. The predicted octanol–water partition coefficient (Wildman–Crippen LogP) is 6.32. The van der Waals surface area contributed by atoms with Crippen molar-refractivity contribution in [3.05, 3.63) is 42.0 Å². The lowest BCUT2D eigenvalue weighted by atomic mass is 9.78. The molecule has 2 aromatic carbocycles. The maximum absolute atomic E-state index is 5.94. The van der Waals surface area contributed by atoms with Crippen LogP contribution in [0.25, 0.3) is 0 Å². The average Bonchev–Trinajstić information content (AvgIpc) is 2.87. The van der Waals surface area contributed by atoms with Crippen LogP contribution in [-0.4, -0.2) is 46.0 Å². The van der Waals surface area contributed by atoms with Crippen molar-refractivity contribution in [1.29, 1.82) is 0 Å².